The number of aliphatic hydroxyl groups excluding tert-OH is 1. The second-order valence-electron chi connectivity index (χ2n) is 9.70. The van der Waals surface area contributed by atoms with Crippen LogP contribution in [0.2, 0.25) is 0 Å². The number of aliphatic hydroxyl groups is 1. The molecular weight excluding hydrogens is 495 g/mol. The van der Waals surface area contributed by atoms with Gasteiger partial charge in [0.25, 0.3) is 0 Å². The predicted octanol–water partition coefficient (Wildman–Crippen LogP) is 7.57. The van der Waals surface area contributed by atoms with E-state index >= 15 is 0 Å². The van der Waals surface area contributed by atoms with Crippen molar-refractivity contribution in [2.24, 2.45) is 0 Å². The molecule has 1 N–H and O–H groups in total. The van der Waals surface area contributed by atoms with Gasteiger partial charge in [0.1, 0.15) is 12.4 Å². The van der Waals surface area contributed by atoms with E-state index in [-0.39, 0.29) is 5.97 Å². The summed E-state index contributed by atoms with van der Waals surface area (Å²) in [5, 5.41) is 9.07. The third-order valence-electron chi connectivity index (χ3n) is 6.35. The van der Waals surface area contributed by atoms with Crippen molar-refractivity contribution in [3.8, 4) is 5.75 Å². The molecule has 0 aromatic heterocycles. The van der Waals surface area contributed by atoms with Crippen molar-refractivity contribution in [3.63, 3.8) is 0 Å². The minimum Gasteiger partial charge on any atom is -0.492 e. The quantitative estimate of drug-likeness (QED) is 0.121. The fourth-order valence-corrected chi connectivity index (χ4v) is 4.12. The van der Waals surface area contributed by atoms with Gasteiger partial charge in [0.2, 0.25) is 0 Å². The topological polar surface area (TPSA) is 59.0 Å². The lowest BCUT2D eigenvalue weighted by Gasteiger charge is -2.22. The van der Waals surface area contributed by atoms with E-state index in [0.717, 1.165) is 38.6 Å². The lowest BCUT2D eigenvalue weighted by Crippen LogP contribution is -2.31. The number of rotatable bonds is 22. The molecule has 38 heavy (non-hydrogen) atoms. The minimum atomic E-state index is -4.67. The number of hydrogen-bond donors (Lipinski definition) is 1. The number of ether oxygens (including phenoxy) is 2. The molecule has 0 aliphatic carbocycles. The third kappa shape index (κ3) is 17.4. The summed E-state index contributed by atoms with van der Waals surface area (Å²) in [5.74, 6) is 0.462. The van der Waals surface area contributed by atoms with Crippen molar-refractivity contribution in [1.29, 1.82) is 0 Å². The van der Waals surface area contributed by atoms with Crippen molar-refractivity contribution in [2.75, 3.05) is 32.8 Å². The third-order valence-corrected chi connectivity index (χ3v) is 6.35. The van der Waals surface area contributed by atoms with Gasteiger partial charge in [-0.05, 0) is 56.6 Å². The summed E-state index contributed by atoms with van der Waals surface area (Å²) in [6, 6.07) is 6.70. The number of benzene rings is 1. The molecule has 1 atom stereocenters. The maximum absolute atomic E-state index is 12.4. The Balaban J connectivity index is 2.40. The van der Waals surface area contributed by atoms with E-state index in [1.165, 1.54) is 63.9 Å². The van der Waals surface area contributed by atoms with Crippen LogP contribution in [0.3, 0.4) is 0 Å². The number of hydrogen-bond acceptors (Lipinski definition) is 5. The van der Waals surface area contributed by atoms with Crippen LogP contribution in [0.25, 0.3) is 6.08 Å². The monoisotopic (exact) mass is 543 g/mol. The van der Waals surface area contributed by atoms with Crippen LogP contribution in [0.1, 0.15) is 96.5 Å². The zero-order valence-corrected chi connectivity index (χ0v) is 23.3. The molecule has 0 bridgehead atoms. The van der Waals surface area contributed by atoms with Gasteiger partial charge in [0.05, 0.1) is 6.61 Å². The molecule has 1 rings (SSSR count). The second kappa shape index (κ2) is 20.8. The number of nitrogens with zero attached hydrogens (tertiary/aromatic N) is 1. The summed E-state index contributed by atoms with van der Waals surface area (Å²) in [7, 11) is 0. The number of alkyl halides is 3. The van der Waals surface area contributed by atoms with Gasteiger partial charge < -0.3 is 14.6 Å². The Morgan fingerprint density at radius 2 is 1.47 bits per heavy atom. The zero-order chi connectivity index (χ0) is 28.1. The Bertz CT molecular complexity index is 753. The number of halogens is 3. The van der Waals surface area contributed by atoms with Gasteiger partial charge in [-0.2, -0.15) is 13.2 Å². The van der Waals surface area contributed by atoms with E-state index in [1.54, 1.807) is 24.3 Å². The van der Waals surface area contributed by atoms with Crippen LogP contribution in [0.15, 0.2) is 30.3 Å². The molecule has 0 aliphatic heterocycles. The van der Waals surface area contributed by atoms with E-state index < -0.39 is 12.3 Å². The average molecular weight is 544 g/mol. The first kappa shape index (κ1) is 34.0. The number of carbonyl (C=O) groups is 1. The van der Waals surface area contributed by atoms with Gasteiger partial charge in [-0.3, -0.25) is 9.69 Å². The SMILES string of the molecule is CCCCCCCCCCCCN(CCCC(=O)OCC)CCOc1ccc(/C=C/C(O)C(F)(F)F)cc1. The van der Waals surface area contributed by atoms with Gasteiger partial charge in [0, 0.05) is 13.0 Å². The van der Waals surface area contributed by atoms with Crippen molar-refractivity contribution in [1.82, 2.24) is 4.90 Å². The highest BCUT2D eigenvalue weighted by Gasteiger charge is 2.36. The zero-order valence-electron chi connectivity index (χ0n) is 23.3. The fraction of sp³-hybridized carbons (Fsp3) is 0.700. The van der Waals surface area contributed by atoms with Crippen molar-refractivity contribution in [2.45, 2.75) is 103 Å². The van der Waals surface area contributed by atoms with Crippen LogP contribution >= 0.6 is 0 Å². The van der Waals surface area contributed by atoms with Gasteiger partial charge >= 0.3 is 12.1 Å². The maximum atomic E-state index is 12.4. The van der Waals surface area contributed by atoms with E-state index in [9.17, 15) is 18.0 Å². The van der Waals surface area contributed by atoms with Crippen LogP contribution in [0, 0.1) is 0 Å². The van der Waals surface area contributed by atoms with Crippen molar-refractivity contribution >= 4 is 12.0 Å². The number of unbranched alkanes of at least 4 members (excludes halogenated alkanes) is 9. The number of carbonyl (C=O) groups excluding carboxylic acids is 1. The summed E-state index contributed by atoms with van der Waals surface area (Å²) in [4.78, 5) is 14.0. The summed E-state index contributed by atoms with van der Waals surface area (Å²) < 4.78 is 48.1. The largest absolute Gasteiger partial charge is 0.492 e. The van der Waals surface area contributed by atoms with Crippen LogP contribution in [-0.2, 0) is 9.53 Å². The van der Waals surface area contributed by atoms with Gasteiger partial charge in [0.15, 0.2) is 6.10 Å². The molecule has 0 saturated heterocycles. The molecule has 0 amide bonds. The lowest BCUT2D eigenvalue weighted by atomic mass is 10.1. The lowest BCUT2D eigenvalue weighted by molar-refractivity contribution is -0.187. The summed E-state index contributed by atoms with van der Waals surface area (Å²) in [6.07, 6.45) is 8.78. The molecule has 0 saturated carbocycles. The fourth-order valence-electron chi connectivity index (χ4n) is 4.12. The van der Waals surface area contributed by atoms with Crippen LogP contribution in [0.4, 0.5) is 13.2 Å². The van der Waals surface area contributed by atoms with Gasteiger partial charge in [-0.25, -0.2) is 0 Å². The molecule has 5 nitrogen and oxygen atoms in total. The highest BCUT2D eigenvalue weighted by molar-refractivity contribution is 5.69. The Morgan fingerprint density at radius 1 is 0.895 bits per heavy atom. The maximum Gasteiger partial charge on any atom is 0.417 e. The Kier molecular flexibility index (Phi) is 18.6. The smallest absolute Gasteiger partial charge is 0.417 e. The predicted molar refractivity (Wildman–Crippen MR) is 147 cm³/mol. The summed E-state index contributed by atoms with van der Waals surface area (Å²) >= 11 is 0. The standard InChI is InChI=1S/C30H48F3NO4/c1-3-5-6-7-8-9-10-11-12-13-22-34(23-14-15-29(36)37-4-2)24-25-38-27-19-16-26(17-20-27)18-21-28(35)30(31,32)33/h16-21,28,35H,3-15,22-25H2,1-2H3/b21-18+. The molecule has 0 spiro atoms. The molecule has 1 aromatic carbocycles. The first-order valence-corrected chi connectivity index (χ1v) is 14.3. The summed E-state index contributed by atoms with van der Waals surface area (Å²) in [5.41, 5.74) is 0.544. The Labute approximate surface area is 227 Å². The molecular formula is C30H48F3NO4. The van der Waals surface area contributed by atoms with E-state index in [4.69, 9.17) is 14.6 Å². The van der Waals surface area contributed by atoms with E-state index in [0.29, 0.717) is 30.9 Å². The molecule has 1 aromatic rings. The molecule has 0 fully saturated rings. The molecule has 8 heteroatoms. The minimum absolute atomic E-state index is 0.167. The molecule has 218 valence electrons. The molecule has 0 aliphatic rings. The van der Waals surface area contributed by atoms with E-state index in [1.807, 2.05) is 6.92 Å². The first-order valence-electron chi connectivity index (χ1n) is 14.3. The van der Waals surface area contributed by atoms with Crippen molar-refractivity contribution < 1.29 is 32.5 Å². The van der Waals surface area contributed by atoms with Crippen molar-refractivity contribution in [3.05, 3.63) is 35.9 Å². The summed E-state index contributed by atoms with van der Waals surface area (Å²) in [6.45, 7) is 7.38. The van der Waals surface area contributed by atoms with Gasteiger partial charge in [-0.15, -0.1) is 0 Å². The first-order chi connectivity index (χ1) is 18.3. The number of esters is 1. The Morgan fingerprint density at radius 3 is 2.05 bits per heavy atom. The Hall–Kier alpha value is -2.06. The van der Waals surface area contributed by atoms with Crippen LogP contribution in [0.5, 0.6) is 5.75 Å². The highest BCUT2D eigenvalue weighted by Crippen LogP contribution is 2.22. The van der Waals surface area contributed by atoms with Gasteiger partial charge in [-0.1, -0.05) is 82.9 Å². The highest BCUT2D eigenvalue weighted by atomic mass is 19.4. The second-order valence-corrected chi connectivity index (χ2v) is 9.70. The van der Waals surface area contributed by atoms with Crippen LogP contribution < -0.4 is 4.74 Å². The van der Waals surface area contributed by atoms with E-state index in [2.05, 4.69) is 11.8 Å². The van der Waals surface area contributed by atoms with Crippen LogP contribution in [-0.4, -0.2) is 61.1 Å². The molecule has 0 heterocycles. The molecule has 0 radical (unpaired) electrons. The average Bonchev–Trinajstić information content (AvgIpc) is 2.88. The normalized spacial score (nSPS) is 12.8. The molecule has 1 unspecified atom stereocenters.